The van der Waals surface area contributed by atoms with Gasteiger partial charge in [0.1, 0.15) is 6.21 Å². The lowest BCUT2D eigenvalue weighted by Crippen LogP contribution is -2.04. The number of hydrogen-bond donors (Lipinski definition) is 1. The van der Waals surface area contributed by atoms with E-state index in [-0.39, 0.29) is 0 Å². The lowest BCUT2D eigenvalue weighted by atomic mass is 10.3. The summed E-state index contributed by atoms with van der Waals surface area (Å²) in [6.45, 7) is 0. The minimum absolute atomic E-state index is 0.613. The number of aliphatic carboxylic acids is 1. The van der Waals surface area contributed by atoms with E-state index >= 15 is 0 Å². The fourth-order valence-electron chi connectivity index (χ4n) is 0.718. The van der Waals surface area contributed by atoms with Gasteiger partial charge in [-0.1, -0.05) is 18.2 Å². The lowest BCUT2D eigenvalue weighted by molar-refractivity contribution is -0.128. The SMILES string of the molecule is O=C(O)C=NN(Cl)c1ccccc1. The van der Waals surface area contributed by atoms with E-state index in [2.05, 4.69) is 5.10 Å². The van der Waals surface area contributed by atoms with Crippen molar-refractivity contribution >= 4 is 29.6 Å². The quantitative estimate of drug-likeness (QED) is 0.457. The third-order valence-corrected chi connectivity index (χ3v) is 1.52. The minimum atomic E-state index is -1.14. The highest BCUT2D eigenvalue weighted by Gasteiger charge is 1.98. The molecule has 68 valence electrons. The summed E-state index contributed by atoms with van der Waals surface area (Å²) in [5.74, 6) is -1.14. The van der Waals surface area contributed by atoms with E-state index in [0.29, 0.717) is 5.69 Å². The van der Waals surface area contributed by atoms with E-state index in [1.54, 1.807) is 24.3 Å². The number of carbonyl (C=O) groups is 1. The third-order valence-electron chi connectivity index (χ3n) is 1.24. The van der Waals surface area contributed by atoms with Crippen LogP contribution in [0.2, 0.25) is 0 Å². The van der Waals surface area contributed by atoms with Crippen molar-refractivity contribution in [3.05, 3.63) is 30.3 Å². The van der Waals surface area contributed by atoms with Crippen molar-refractivity contribution in [3.63, 3.8) is 0 Å². The van der Waals surface area contributed by atoms with E-state index in [1.807, 2.05) is 6.07 Å². The molecule has 0 bridgehead atoms. The molecule has 5 heteroatoms. The summed E-state index contributed by atoms with van der Waals surface area (Å²) in [7, 11) is 0. The van der Waals surface area contributed by atoms with E-state index in [4.69, 9.17) is 16.9 Å². The van der Waals surface area contributed by atoms with Crippen LogP contribution in [0.1, 0.15) is 0 Å². The number of carboxylic acid groups (broad SMARTS) is 1. The molecule has 0 atom stereocenters. The van der Waals surface area contributed by atoms with Crippen molar-refractivity contribution < 1.29 is 9.90 Å². The van der Waals surface area contributed by atoms with Crippen LogP contribution in [-0.2, 0) is 4.79 Å². The van der Waals surface area contributed by atoms with Gasteiger partial charge in [0, 0.05) is 11.8 Å². The number of halogens is 1. The van der Waals surface area contributed by atoms with Crippen LogP contribution in [0.3, 0.4) is 0 Å². The summed E-state index contributed by atoms with van der Waals surface area (Å²) >= 11 is 5.62. The summed E-state index contributed by atoms with van der Waals surface area (Å²) in [6, 6.07) is 8.82. The van der Waals surface area contributed by atoms with E-state index in [9.17, 15) is 4.79 Å². The van der Waals surface area contributed by atoms with Crippen molar-refractivity contribution in [2.24, 2.45) is 5.10 Å². The molecule has 0 aromatic heterocycles. The van der Waals surface area contributed by atoms with Crippen molar-refractivity contribution in [2.45, 2.75) is 0 Å². The van der Waals surface area contributed by atoms with Crippen LogP contribution < -0.4 is 4.53 Å². The molecule has 0 heterocycles. The maximum absolute atomic E-state index is 10.1. The van der Waals surface area contributed by atoms with Crippen molar-refractivity contribution in [1.82, 2.24) is 0 Å². The monoisotopic (exact) mass is 198 g/mol. The first-order valence-corrected chi connectivity index (χ1v) is 3.82. The molecule has 0 saturated heterocycles. The summed E-state index contributed by atoms with van der Waals surface area (Å²) < 4.78 is 0.966. The molecule has 0 spiro atoms. The first kappa shape index (κ1) is 9.54. The molecular weight excluding hydrogens is 192 g/mol. The average Bonchev–Trinajstić information content (AvgIpc) is 2.15. The number of hydrogen-bond acceptors (Lipinski definition) is 3. The molecule has 0 unspecified atom stereocenters. The smallest absolute Gasteiger partial charge is 0.348 e. The van der Waals surface area contributed by atoms with Crippen LogP contribution in [0.5, 0.6) is 0 Å². The molecule has 1 aromatic carbocycles. The molecular formula is C8H7ClN2O2. The predicted octanol–water partition coefficient (Wildman–Crippen LogP) is 1.72. The van der Waals surface area contributed by atoms with Crippen LogP contribution in [0.15, 0.2) is 35.4 Å². The number of anilines is 1. The zero-order valence-corrected chi connectivity index (χ0v) is 7.35. The van der Waals surface area contributed by atoms with Crippen molar-refractivity contribution in [2.75, 3.05) is 4.53 Å². The zero-order valence-electron chi connectivity index (χ0n) is 6.59. The van der Waals surface area contributed by atoms with Gasteiger partial charge in [0.15, 0.2) is 0 Å². The highest BCUT2D eigenvalue weighted by Crippen LogP contribution is 2.14. The van der Waals surface area contributed by atoms with Crippen LogP contribution in [0.4, 0.5) is 5.69 Å². The standard InChI is InChI=1S/C8H7ClN2O2/c9-11(10-6-8(12)13)7-4-2-1-3-5-7/h1-6H,(H,12,13). The Hall–Kier alpha value is -1.55. The molecule has 1 aromatic rings. The van der Waals surface area contributed by atoms with E-state index < -0.39 is 5.97 Å². The fourth-order valence-corrected chi connectivity index (χ4v) is 0.874. The molecule has 4 nitrogen and oxygen atoms in total. The summed E-state index contributed by atoms with van der Waals surface area (Å²) in [4.78, 5) is 10.1. The van der Waals surface area contributed by atoms with Crippen LogP contribution in [0.25, 0.3) is 0 Å². The van der Waals surface area contributed by atoms with E-state index in [0.717, 1.165) is 10.7 Å². The summed E-state index contributed by atoms with van der Waals surface area (Å²) in [6.07, 6.45) is 0.722. The second-order valence-electron chi connectivity index (χ2n) is 2.18. The second kappa shape index (κ2) is 4.47. The molecule has 0 aliphatic heterocycles. The fraction of sp³-hybridized carbons (Fsp3) is 0. The van der Waals surface area contributed by atoms with Crippen LogP contribution in [0, 0.1) is 0 Å². The maximum Gasteiger partial charge on any atom is 0.348 e. The van der Waals surface area contributed by atoms with Gasteiger partial charge in [-0.3, -0.25) is 0 Å². The van der Waals surface area contributed by atoms with Gasteiger partial charge in [0.2, 0.25) is 0 Å². The summed E-state index contributed by atoms with van der Waals surface area (Å²) in [5, 5.41) is 11.7. The van der Waals surface area contributed by atoms with Gasteiger partial charge in [-0.2, -0.15) is 9.63 Å². The highest BCUT2D eigenvalue weighted by atomic mass is 35.5. The van der Waals surface area contributed by atoms with Crippen molar-refractivity contribution in [3.8, 4) is 0 Å². The van der Waals surface area contributed by atoms with Gasteiger partial charge in [0.25, 0.3) is 0 Å². The third kappa shape index (κ3) is 3.13. The number of para-hydroxylation sites is 1. The van der Waals surface area contributed by atoms with Gasteiger partial charge in [-0.05, 0) is 12.1 Å². The molecule has 0 saturated carbocycles. The Kier molecular flexibility index (Phi) is 3.28. The number of hydrazone groups is 1. The summed E-state index contributed by atoms with van der Waals surface area (Å²) in [5.41, 5.74) is 0.613. The van der Waals surface area contributed by atoms with Crippen molar-refractivity contribution in [1.29, 1.82) is 0 Å². The molecule has 0 fully saturated rings. The number of carboxylic acids is 1. The maximum atomic E-state index is 10.1. The van der Waals surface area contributed by atoms with Crippen LogP contribution in [-0.4, -0.2) is 17.3 Å². The first-order chi connectivity index (χ1) is 6.20. The Morgan fingerprint density at radius 1 is 1.46 bits per heavy atom. The molecule has 1 N–H and O–H groups in total. The number of benzene rings is 1. The normalized spacial score (nSPS) is 10.2. The Morgan fingerprint density at radius 3 is 2.62 bits per heavy atom. The van der Waals surface area contributed by atoms with Gasteiger partial charge in [0.05, 0.1) is 5.69 Å². The molecule has 1 rings (SSSR count). The number of rotatable bonds is 3. The van der Waals surface area contributed by atoms with Crippen LogP contribution >= 0.6 is 11.8 Å². The highest BCUT2D eigenvalue weighted by molar-refractivity contribution is 6.28. The Balaban J connectivity index is 2.69. The van der Waals surface area contributed by atoms with Gasteiger partial charge in [-0.15, -0.1) is 0 Å². The Bertz CT molecular complexity index is 313. The zero-order chi connectivity index (χ0) is 9.68. The topological polar surface area (TPSA) is 52.9 Å². The first-order valence-electron chi connectivity index (χ1n) is 3.48. The predicted molar refractivity (Wildman–Crippen MR) is 50.9 cm³/mol. The Morgan fingerprint density at radius 2 is 2.08 bits per heavy atom. The lowest BCUT2D eigenvalue weighted by Gasteiger charge is -2.06. The van der Waals surface area contributed by atoms with Gasteiger partial charge < -0.3 is 5.11 Å². The van der Waals surface area contributed by atoms with Gasteiger partial charge in [-0.25, -0.2) is 4.79 Å². The average molecular weight is 199 g/mol. The number of nitrogens with zero attached hydrogens (tertiary/aromatic N) is 2. The molecule has 0 aliphatic rings. The Labute approximate surface area is 80.2 Å². The molecule has 0 radical (unpaired) electrons. The van der Waals surface area contributed by atoms with E-state index in [1.165, 1.54) is 0 Å². The second-order valence-corrected chi connectivity index (χ2v) is 2.50. The van der Waals surface area contributed by atoms with Gasteiger partial charge >= 0.3 is 5.97 Å². The minimum Gasteiger partial charge on any atom is -0.477 e. The molecule has 0 aliphatic carbocycles. The molecule has 0 amide bonds. The largest absolute Gasteiger partial charge is 0.477 e. The molecule has 13 heavy (non-hydrogen) atoms.